The summed E-state index contributed by atoms with van der Waals surface area (Å²) in [4.78, 5) is 24.2. The molecule has 0 aliphatic heterocycles. The molecule has 4 aromatic rings. The van der Waals surface area contributed by atoms with Crippen LogP contribution in [0.3, 0.4) is 0 Å². The third-order valence-corrected chi connectivity index (χ3v) is 5.72. The fraction of sp³-hybridized carbons (Fsp3) is 0.154. The first kappa shape index (κ1) is 21.8. The number of aliphatic carboxylic acids is 1. The smallest absolute Gasteiger partial charge is 0.303 e. The lowest BCUT2D eigenvalue weighted by Crippen LogP contribution is -2.11. The average molecular weight is 492 g/mol. The zero-order chi connectivity index (χ0) is 22.5. The van der Waals surface area contributed by atoms with Crippen LogP contribution in [-0.4, -0.2) is 21.6 Å². The molecule has 0 spiro atoms. The number of carboxylic acids is 1. The molecule has 0 atom stereocenters. The Morgan fingerprint density at radius 1 is 0.969 bits per heavy atom. The van der Waals surface area contributed by atoms with E-state index in [1.54, 1.807) is 10.6 Å². The highest BCUT2D eigenvalue weighted by molar-refractivity contribution is 9.10. The van der Waals surface area contributed by atoms with E-state index in [9.17, 15) is 9.59 Å². The molecular weight excluding hydrogens is 470 g/mol. The summed E-state index contributed by atoms with van der Waals surface area (Å²) in [5.41, 5.74) is 3.26. The number of ether oxygens (including phenoxy) is 1. The molecular formula is C26H22BrNO4. The van der Waals surface area contributed by atoms with Crippen LogP contribution in [0.4, 0.5) is 0 Å². The molecule has 0 fully saturated rings. The van der Waals surface area contributed by atoms with Crippen LogP contribution in [0.1, 0.15) is 34.3 Å². The number of para-hydroxylation sites is 1. The molecule has 1 N–H and O–H groups in total. The highest BCUT2D eigenvalue weighted by atomic mass is 79.9. The van der Waals surface area contributed by atoms with E-state index in [-0.39, 0.29) is 12.3 Å². The van der Waals surface area contributed by atoms with Crippen LogP contribution in [0.15, 0.2) is 83.5 Å². The molecule has 4 rings (SSSR count). The van der Waals surface area contributed by atoms with Crippen LogP contribution in [0.2, 0.25) is 0 Å². The number of aromatic nitrogens is 1. The van der Waals surface area contributed by atoms with Crippen LogP contribution < -0.4 is 4.74 Å². The van der Waals surface area contributed by atoms with E-state index >= 15 is 0 Å². The number of carbonyl (C=O) groups excluding carboxylic acids is 1. The number of rotatable bonds is 8. The van der Waals surface area contributed by atoms with Crippen molar-refractivity contribution in [3.8, 4) is 5.75 Å². The average Bonchev–Trinajstić information content (AvgIpc) is 3.16. The predicted octanol–water partition coefficient (Wildman–Crippen LogP) is 6.08. The highest BCUT2D eigenvalue weighted by Crippen LogP contribution is 2.25. The maximum atomic E-state index is 13.3. The fourth-order valence-corrected chi connectivity index (χ4v) is 4.08. The van der Waals surface area contributed by atoms with Gasteiger partial charge < -0.3 is 9.84 Å². The minimum atomic E-state index is -0.813. The van der Waals surface area contributed by atoms with Crippen LogP contribution in [0.25, 0.3) is 10.9 Å². The van der Waals surface area contributed by atoms with Crippen molar-refractivity contribution in [2.24, 2.45) is 0 Å². The van der Waals surface area contributed by atoms with Crippen molar-refractivity contribution in [2.45, 2.75) is 25.9 Å². The number of hydrogen-bond acceptors (Lipinski definition) is 3. The number of fused-ring (bicyclic) bond motifs is 1. The van der Waals surface area contributed by atoms with Crippen molar-refractivity contribution in [1.29, 1.82) is 0 Å². The summed E-state index contributed by atoms with van der Waals surface area (Å²) in [6.07, 6.45) is 3.07. The number of nitrogens with zero attached hydrogens (tertiary/aromatic N) is 1. The Balaban J connectivity index is 1.56. The molecule has 3 aromatic carbocycles. The second-order valence-corrected chi connectivity index (χ2v) is 8.46. The summed E-state index contributed by atoms with van der Waals surface area (Å²) in [5.74, 6) is -0.194. The Labute approximate surface area is 194 Å². The van der Waals surface area contributed by atoms with Gasteiger partial charge in [-0.1, -0.05) is 52.3 Å². The summed E-state index contributed by atoms with van der Waals surface area (Å²) in [7, 11) is 0. The topological polar surface area (TPSA) is 68.5 Å². The zero-order valence-electron chi connectivity index (χ0n) is 17.3. The number of aryl methyl sites for hydroxylation is 1. The van der Waals surface area contributed by atoms with Crippen LogP contribution in [0, 0.1) is 0 Å². The van der Waals surface area contributed by atoms with E-state index in [0.717, 1.165) is 32.3 Å². The van der Waals surface area contributed by atoms with E-state index in [4.69, 9.17) is 9.84 Å². The van der Waals surface area contributed by atoms with E-state index in [0.29, 0.717) is 25.0 Å². The van der Waals surface area contributed by atoms with E-state index in [1.807, 2.05) is 72.9 Å². The molecule has 0 unspecified atom stereocenters. The van der Waals surface area contributed by atoms with Crippen molar-refractivity contribution in [1.82, 2.24) is 4.57 Å². The lowest BCUT2D eigenvalue weighted by molar-refractivity contribution is -0.137. The molecule has 1 aromatic heterocycles. The van der Waals surface area contributed by atoms with Crippen molar-refractivity contribution >= 4 is 38.7 Å². The lowest BCUT2D eigenvalue weighted by atomic mass is 10.1. The van der Waals surface area contributed by atoms with Gasteiger partial charge in [0, 0.05) is 28.0 Å². The van der Waals surface area contributed by atoms with Crippen LogP contribution in [0.5, 0.6) is 5.75 Å². The number of carbonyl (C=O) groups is 2. The van der Waals surface area contributed by atoms with Gasteiger partial charge in [0.15, 0.2) is 0 Å². The Bertz CT molecular complexity index is 1280. The number of halogens is 1. The van der Waals surface area contributed by atoms with Crippen molar-refractivity contribution in [3.05, 3.63) is 100 Å². The van der Waals surface area contributed by atoms with E-state index in [1.165, 1.54) is 0 Å². The summed E-state index contributed by atoms with van der Waals surface area (Å²) >= 11 is 3.43. The van der Waals surface area contributed by atoms with Gasteiger partial charge in [-0.05, 0) is 60.4 Å². The Hall–Kier alpha value is -3.38. The van der Waals surface area contributed by atoms with Crippen LogP contribution in [-0.2, 0) is 17.8 Å². The predicted molar refractivity (Wildman–Crippen MR) is 127 cm³/mol. The van der Waals surface area contributed by atoms with E-state index < -0.39 is 5.97 Å². The summed E-state index contributed by atoms with van der Waals surface area (Å²) in [6.45, 7) is 0.352. The molecule has 0 aliphatic carbocycles. The minimum Gasteiger partial charge on any atom is -0.489 e. The van der Waals surface area contributed by atoms with Crippen molar-refractivity contribution in [2.75, 3.05) is 0 Å². The monoisotopic (exact) mass is 491 g/mol. The van der Waals surface area contributed by atoms with Gasteiger partial charge in [0.25, 0.3) is 5.91 Å². The molecule has 5 nitrogen and oxygen atoms in total. The maximum Gasteiger partial charge on any atom is 0.303 e. The Kier molecular flexibility index (Phi) is 6.71. The molecule has 0 aliphatic rings. The SMILES string of the molecule is O=C(O)CCCc1cn(C(=O)c2cccc(COc3cccc(Br)c3)c2)c2ccccc12. The van der Waals surface area contributed by atoms with Gasteiger partial charge in [-0.25, -0.2) is 0 Å². The van der Waals surface area contributed by atoms with Gasteiger partial charge in [-0.2, -0.15) is 0 Å². The maximum absolute atomic E-state index is 13.3. The molecule has 32 heavy (non-hydrogen) atoms. The third-order valence-electron chi connectivity index (χ3n) is 5.23. The van der Waals surface area contributed by atoms with Gasteiger partial charge in [-0.3, -0.25) is 14.2 Å². The van der Waals surface area contributed by atoms with Gasteiger partial charge in [0.2, 0.25) is 0 Å². The second kappa shape index (κ2) is 9.83. The first-order valence-corrected chi connectivity index (χ1v) is 11.1. The van der Waals surface area contributed by atoms with E-state index in [2.05, 4.69) is 15.9 Å². The number of hydrogen-bond donors (Lipinski definition) is 1. The molecule has 0 amide bonds. The fourth-order valence-electron chi connectivity index (χ4n) is 3.70. The highest BCUT2D eigenvalue weighted by Gasteiger charge is 2.16. The molecule has 6 heteroatoms. The molecule has 0 saturated heterocycles. The third kappa shape index (κ3) is 5.08. The van der Waals surface area contributed by atoms with Gasteiger partial charge >= 0.3 is 5.97 Å². The first-order chi connectivity index (χ1) is 15.5. The largest absolute Gasteiger partial charge is 0.489 e. The second-order valence-electron chi connectivity index (χ2n) is 7.54. The lowest BCUT2D eigenvalue weighted by Gasteiger charge is -2.09. The van der Waals surface area contributed by atoms with Gasteiger partial charge in [0.1, 0.15) is 12.4 Å². The van der Waals surface area contributed by atoms with Crippen molar-refractivity contribution in [3.63, 3.8) is 0 Å². The Morgan fingerprint density at radius 3 is 2.59 bits per heavy atom. The van der Waals surface area contributed by atoms with Gasteiger partial charge in [0.05, 0.1) is 5.52 Å². The van der Waals surface area contributed by atoms with Gasteiger partial charge in [-0.15, -0.1) is 0 Å². The molecule has 0 bridgehead atoms. The zero-order valence-corrected chi connectivity index (χ0v) is 18.9. The standard InChI is InChI=1S/C26H22BrNO4/c27-21-9-5-10-22(15-21)32-17-18-6-3-7-19(14-18)26(31)28-16-20(8-4-13-25(29)30)23-11-1-2-12-24(23)28/h1-3,5-7,9-12,14-16H,4,8,13,17H2,(H,29,30). The summed E-state index contributed by atoms with van der Waals surface area (Å²) in [6, 6.07) is 22.8. The van der Waals surface area contributed by atoms with Crippen molar-refractivity contribution < 1.29 is 19.4 Å². The molecule has 0 saturated carbocycles. The minimum absolute atomic E-state index is 0.105. The molecule has 0 radical (unpaired) electrons. The molecule has 1 heterocycles. The number of benzene rings is 3. The molecule has 162 valence electrons. The quantitative estimate of drug-likeness (QED) is 0.324. The normalized spacial score (nSPS) is 10.9. The first-order valence-electron chi connectivity index (χ1n) is 10.3. The number of carboxylic acid groups (broad SMARTS) is 1. The summed E-state index contributed by atoms with van der Waals surface area (Å²) in [5, 5.41) is 9.90. The Morgan fingerprint density at radius 2 is 1.78 bits per heavy atom. The van der Waals surface area contributed by atoms with Crippen LogP contribution >= 0.6 is 15.9 Å². The summed E-state index contributed by atoms with van der Waals surface area (Å²) < 4.78 is 8.45.